The number of hydrogen-bond acceptors (Lipinski definition) is 3. The van der Waals surface area contributed by atoms with Gasteiger partial charge >= 0.3 is 0 Å². The van der Waals surface area contributed by atoms with Crippen LogP contribution in [0, 0.1) is 5.82 Å². The molecule has 1 atom stereocenters. The van der Waals surface area contributed by atoms with Crippen LogP contribution in [-0.4, -0.2) is 14.2 Å². The van der Waals surface area contributed by atoms with Gasteiger partial charge in [-0.2, -0.15) is 0 Å². The maximum Gasteiger partial charge on any atom is 0.131 e. The minimum absolute atomic E-state index is 0.0213. The molecule has 0 radical (unpaired) electrons. The summed E-state index contributed by atoms with van der Waals surface area (Å²) in [5.74, 6) is 0.333. The van der Waals surface area contributed by atoms with Crippen molar-refractivity contribution in [2.45, 2.75) is 18.9 Å². The summed E-state index contributed by atoms with van der Waals surface area (Å²) < 4.78 is 19.0. The third-order valence-corrected chi connectivity index (χ3v) is 4.13. The molecule has 4 heteroatoms. The predicted molar refractivity (Wildman–Crippen MR) is 77.4 cm³/mol. The predicted octanol–water partition coefficient (Wildman–Crippen LogP) is 3.79. The molecule has 0 aliphatic rings. The molecule has 0 spiro atoms. The van der Waals surface area contributed by atoms with Gasteiger partial charge in [0.2, 0.25) is 0 Å². The lowest BCUT2D eigenvalue weighted by Gasteiger charge is -2.17. The third kappa shape index (κ3) is 3.55. The Labute approximate surface area is 117 Å². The molecule has 102 valence electrons. The summed E-state index contributed by atoms with van der Waals surface area (Å²) >= 11 is 1.74. The zero-order chi connectivity index (χ0) is 13.7. The van der Waals surface area contributed by atoms with Crippen molar-refractivity contribution >= 4 is 11.3 Å². The Morgan fingerprint density at radius 1 is 1.37 bits per heavy atom. The molecule has 1 aromatic carbocycles. The van der Waals surface area contributed by atoms with Crippen LogP contribution in [-0.2, 0) is 6.42 Å². The van der Waals surface area contributed by atoms with Crippen molar-refractivity contribution in [3.63, 3.8) is 0 Å². The van der Waals surface area contributed by atoms with Crippen LogP contribution in [0.25, 0.3) is 0 Å². The van der Waals surface area contributed by atoms with Crippen molar-refractivity contribution < 1.29 is 9.13 Å². The second-order valence-corrected chi connectivity index (χ2v) is 5.38. The highest BCUT2D eigenvalue weighted by atomic mass is 32.1. The Bertz CT molecular complexity index is 513. The van der Waals surface area contributed by atoms with Crippen molar-refractivity contribution in [2.24, 2.45) is 0 Å². The SMILES string of the molecule is CNC(CCc1cccs1)c1ccc(OC)cc1F. The van der Waals surface area contributed by atoms with Gasteiger partial charge in [-0.3, -0.25) is 0 Å². The molecule has 19 heavy (non-hydrogen) atoms. The zero-order valence-corrected chi connectivity index (χ0v) is 12.0. The van der Waals surface area contributed by atoms with Gasteiger partial charge in [-0.15, -0.1) is 11.3 Å². The van der Waals surface area contributed by atoms with E-state index in [1.54, 1.807) is 30.6 Å². The molecule has 2 nitrogen and oxygen atoms in total. The Balaban J connectivity index is 2.08. The summed E-state index contributed by atoms with van der Waals surface area (Å²) in [5.41, 5.74) is 0.694. The number of nitrogens with one attached hydrogen (secondary N) is 1. The van der Waals surface area contributed by atoms with E-state index in [0.29, 0.717) is 11.3 Å². The van der Waals surface area contributed by atoms with E-state index in [-0.39, 0.29) is 11.9 Å². The smallest absolute Gasteiger partial charge is 0.131 e. The molecule has 2 rings (SSSR count). The summed E-state index contributed by atoms with van der Waals surface area (Å²) in [4.78, 5) is 1.33. The molecule has 2 aromatic rings. The van der Waals surface area contributed by atoms with Crippen LogP contribution >= 0.6 is 11.3 Å². The summed E-state index contributed by atoms with van der Waals surface area (Å²) in [6.45, 7) is 0. The second kappa shape index (κ2) is 6.68. The molecular weight excluding hydrogens is 261 g/mol. The highest BCUT2D eigenvalue weighted by molar-refractivity contribution is 7.09. The van der Waals surface area contributed by atoms with Crippen molar-refractivity contribution in [3.8, 4) is 5.75 Å². The normalized spacial score (nSPS) is 12.4. The van der Waals surface area contributed by atoms with E-state index in [1.165, 1.54) is 10.9 Å². The molecule has 0 amide bonds. The second-order valence-electron chi connectivity index (χ2n) is 4.35. The van der Waals surface area contributed by atoms with Gasteiger partial charge in [-0.25, -0.2) is 4.39 Å². The number of aryl methyl sites for hydroxylation is 1. The summed E-state index contributed by atoms with van der Waals surface area (Å²) in [7, 11) is 3.41. The molecule has 0 aliphatic carbocycles. The van der Waals surface area contributed by atoms with Gasteiger partial charge in [0, 0.05) is 22.5 Å². The first kappa shape index (κ1) is 14.0. The minimum atomic E-state index is -0.218. The Hall–Kier alpha value is -1.39. The lowest BCUT2D eigenvalue weighted by Crippen LogP contribution is -2.18. The van der Waals surface area contributed by atoms with Crippen LogP contribution < -0.4 is 10.1 Å². The maximum absolute atomic E-state index is 14.0. The molecular formula is C15H18FNOS. The first-order chi connectivity index (χ1) is 9.24. The van der Waals surface area contributed by atoms with Crippen molar-refractivity contribution in [2.75, 3.05) is 14.2 Å². The zero-order valence-electron chi connectivity index (χ0n) is 11.2. The van der Waals surface area contributed by atoms with Crippen molar-refractivity contribution in [1.29, 1.82) is 0 Å². The van der Waals surface area contributed by atoms with Crippen LogP contribution in [0.4, 0.5) is 4.39 Å². The van der Waals surface area contributed by atoms with Gasteiger partial charge in [0.1, 0.15) is 11.6 Å². The molecule has 0 saturated carbocycles. The van der Waals surface area contributed by atoms with E-state index in [0.717, 1.165) is 12.8 Å². The number of methoxy groups -OCH3 is 1. The Kier molecular flexibility index (Phi) is 4.93. The largest absolute Gasteiger partial charge is 0.497 e. The van der Waals surface area contributed by atoms with Gasteiger partial charge in [0.05, 0.1) is 7.11 Å². The lowest BCUT2D eigenvalue weighted by atomic mass is 10.0. The fraction of sp³-hybridized carbons (Fsp3) is 0.333. The molecule has 1 heterocycles. The van der Waals surface area contributed by atoms with Gasteiger partial charge in [0.15, 0.2) is 0 Å². The fourth-order valence-electron chi connectivity index (χ4n) is 2.11. The number of ether oxygens (including phenoxy) is 1. The summed E-state index contributed by atoms with van der Waals surface area (Å²) in [6.07, 6.45) is 1.83. The molecule has 0 saturated heterocycles. The maximum atomic E-state index is 14.0. The van der Waals surface area contributed by atoms with Gasteiger partial charge in [-0.05, 0) is 37.4 Å². The highest BCUT2D eigenvalue weighted by Gasteiger charge is 2.14. The molecule has 1 aromatic heterocycles. The van der Waals surface area contributed by atoms with E-state index in [4.69, 9.17) is 4.74 Å². The van der Waals surface area contributed by atoms with Crippen LogP contribution in [0.2, 0.25) is 0 Å². The number of benzene rings is 1. The van der Waals surface area contributed by atoms with Crippen LogP contribution in [0.5, 0.6) is 5.75 Å². The number of hydrogen-bond donors (Lipinski definition) is 1. The Morgan fingerprint density at radius 2 is 2.21 bits per heavy atom. The number of halogens is 1. The van der Waals surface area contributed by atoms with Crippen LogP contribution in [0.3, 0.4) is 0 Å². The highest BCUT2D eigenvalue weighted by Crippen LogP contribution is 2.25. The van der Waals surface area contributed by atoms with E-state index in [2.05, 4.69) is 16.8 Å². The van der Waals surface area contributed by atoms with E-state index in [1.807, 2.05) is 13.1 Å². The summed E-state index contributed by atoms with van der Waals surface area (Å²) in [6, 6.07) is 9.21. The average Bonchev–Trinajstić information content (AvgIpc) is 2.94. The van der Waals surface area contributed by atoms with Crippen molar-refractivity contribution in [3.05, 3.63) is 52.0 Å². The monoisotopic (exact) mass is 279 g/mol. The van der Waals surface area contributed by atoms with Crippen LogP contribution in [0.1, 0.15) is 22.9 Å². The van der Waals surface area contributed by atoms with Gasteiger partial charge in [0.25, 0.3) is 0 Å². The molecule has 0 fully saturated rings. The van der Waals surface area contributed by atoms with E-state index in [9.17, 15) is 4.39 Å². The standard InChI is InChI=1S/C15H18FNOS/c1-17-15(8-6-12-4-3-9-19-12)13-7-5-11(18-2)10-14(13)16/h3-5,7,9-10,15,17H,6,8H2,1-2H3. The lowest BCUT2D eigenvalue weighted by molar-refractivity contribution is 0.409. The minimum Gasteiger partial charge on any atom is -0.497 e. The average molecular weight is 279 g/mol. The van der Waals surface area contributed by atoms with E-state index < -0.39 is 0 Å². The van der Waals surface area contributed by atoms with Crippen LogP contribution in [0.15, 0.2) is 35.7 Å². The van der Waals surface area contributed by atoms with E-state index >= 15 is 0 Å². The molecule has 1 unspecified atom stereocenters. The number of thiophene rings is 1. The first-order valence-corrected chi connectivity index (χ1v) is 7.15. The third-order valence-electron chi connectivity index (χ3n) is 3.19. The fourth-order valence-corrected chi connectivity index (χ4v) is 2.84. The topological polar surface area (TPSA) is 21.3 Å². The van der Waals surface area contributed by atoms with Gasteiger partial charge < -0.3 is 10.1 Å². The molecule has 1 N–H and O–H groups in total. The Morgan fingerprint density at radius 3 is 2.79 bits per heavy atom. The first-order valence-electron chi connectivity index (χ1n) is 6.27. The van der Waals surface area contributed by atoms with Crippen molar-refractivity contribution in [1.82, 2.24) is 5.32 Å². The quantitative estimate of drug-likeness (QED) is 0.868. The summed E-state index contributed by atoms with van der Waals surface area (Å²) in [5, 5.41) is 5.25. The molecule has 0 aliphatic heterocycles. The van der Waals surface area contributed by atoms with Gasteiger partial charge in [-0.1, -0.05) is 12.1 Å². The number of rotatable bonds is 6. The molecule has 0 bridgehead atoms.